The summed E-state index contributed by atoms with van der Waals surface area (Å²) in [6, 6.07) is 14.8. The lowest BCUT2D eigenvalue weighted by molar-refractivity contribution is 0.188. The molecule has 186 valence electrons. The van der Waals surface area contributed by atoms with Gasteiger partial charge in [0.05, 0.1) is 11.0 Å². The van der Waals surface area contributed by atoms with Gasteiger partial charge < -0.3 is 24.4 Å². The minimum absolute atomic E-state index is 0.238. The smallest absolute Gasteiger partial charge is 0.319 e. The number of hydrogen-bond acceptors (Lipinski definition) is 6. The molecular formula is C28H31FN6O. The Hall–Kier alpha value is -3.23. The Labute approximate surface area is 209 Å². The minimum atomic E-state index is -0.238. The molecule has 8 heteroatoms. The highest BCUT2D eigenvalue weighted by atomic mass is 19.1. The number of nitrogens with one attached hydrogen (secondary N) is 1. The van der Waals surface area contributed by atoms with Crippen molar-refractivity contribution in [3.63, 3.8) is 0 Å². The number of anilines is 1. The van der Waals surface area contributed by atoms with Crippen molar-refractivity contribution in [2.24, 2.45) is 0 Å². The highest BCUT2D eigenvalue weighted by Crippen LogP contribution is 2.35. The summed E-state index contributed by atoms with van der Waals surface area (Å²) in [5.74, 6) is 0.724. The molecule has 3 aliphatic heterocycles. The second kappa shape index (κ2) is 8.71. The number of halogens is 1. The molecule has 5 heterocycles. The van der Waals surface area contributed by atoms with E-state index in [4.69, 9.17) is 14.7 Å². The average molecular weight is 487 g/mol. The third-order valence-corrected chi connectivity index (χ3v) is 8.19. The lowest BCUT2D eigenvalue weighted by Gasteiger charge is -2.34. The lowest BCUT2D eigenvalue weighted by atomic mass is 10.1. The second-order valence-electron chi connectivity index (χ2n) is 10.5. The first-order chi connectivity index (χ1) is 17.6. The number of aromatic nitrogens is 3. The number of hydrogen-bond donors (Lipinski definition) is 1. The molecule has 1 N–H and O–H groups in total. The quantitative estimate of drug-likeness (QED) is 0.458. The maximum Gasteiger partial charge on any atom is 0.319 e. The van der Waals surface area contributed by atoms with E-state index in [0.717, 1.165) is 59.4 Å². The van der Waals surface area contributed by atoms with Crippen molar-refractivity contribution in [3.05, 3.63) is 54.5 Å². The molecule has 4 aromatic rings. The summed E-state index contributed by atoms with van der Waals surface area (Å²) in [7, 11) is 2.16. The van der Waals surface area contributed by atoms with Crippen molar-refractivity contribution in [2.75, 3.05) is 38.2 Å². The van der Waals surface area contributed by atoms with Crippen molar-refractivity contribution in [1.82, 2.24) is 24.8 Å². The Balaban J connectivity index is 1.33. The van der Waals surface area contributed by atoms with Gasteiger partial charge >= 0.3 is 6.01 Å². The van der Waals surface area contributed by atoms with E-state index in [1.54, 1.807) is 12.1 Å². The molecule has 3 saturated heterocycles. The van der Waals surface area contributed by atoms with Crippen molar-refractivity contribution in [1.29, 1.82) is 0 Å². The van der Waals surface area contributed by atoms with Crippen LogP contribution in [-0.4, -0.2) is 70.8 Å². The van der Waals surface area contributed by atoms with Crippen LogP contribution in [0.25, 0.3) is 27.5 Å². The molecule has 0 radical (unpaired) electrons. The Kier molecular flexibility index (Phi) is 5.32. The summed E-state index contributed by atoms with van der Waals surface area (Å²) in [6.07, 6.45) is 6.80. The van der Waals surface area contributed by atoms with Crippen LogP contribution in [0.4, 0.5) is 10.2 Å². The summed E-state index contributed by atoms with van der Waals surface area (Å²) in [4.78, 5) is 14.7. The fourth-order valence-corrected chi connectivity index (χ4v) is 6.24. The fraction of sp³-hybridized carbons (Fsp3) is 0.429. The number of rotatable bonds is 5. The first-order valence-corrected chi connectivity index (χ1v) is 13.0. The summed E-state index contributed by atoms with van der Waals surface area (Å²) in [5, 5.41) is 5.81. The molecule has 7 nitrogen and oxygen atoms in total. The SMILES string of the molecule is CN1CCC[C@H]1COc1nc(N2C[C@H]3CC[C@@H](C2)N3)c2ccc3c(ccn3-c3ccc(F)cc3)c2n1. The van der Waals surface area contributed by atoms with E-state index in [1.807, 2.05) is 6.20 Å². The monoisotopic (exact) mass is 486 g/mol. The van der Waals surface area contributed by atoms with Crippen LogP contribution in [0, 0.1) is 5.82 Å². The summed E-state index contributed by atoms with van der Waals surface area (Å²) < 4.78 is 21.9. The maximum absolute atomic E-state index is 13.5. The molecule has 0 amide bonds. The largest absolute Gasteiger partial charge is 0.462 e. The van der Waals surface area contributed by atoms with Gasteiger partial charge in [-0.1, -0.05) is 0 Å². The molecule has 0 unspecified atom stereocenters. The summed E-state index contributed by atoms with van der Waals surface area (Å²) in [5.41, 5.74) is 2.85. The number of benzene rings is 2. The van der Waals surface area contributed by atoms with Gasteiger partial charge in [0, 0.05) is 53.9 Å². The molecule has 36 heavy (non-hydrogen) atoms. The maximum atomic E-state index is 13.5. The van der Waals surface area contributed by atoms with Crippen LogP contribution in [-0.2, 0) is 0 Å². The van der Waals surface area contributed by atoms with Gasteiger partial charge in [-0.15, -0.1) is 0 Å². The molecule has 2 bridgehead atoms. The van der Waals surface area contributed by atoms with Crippen molar-refractivity contribution < 1.29 is 9.13 Å². The molecule has 0 saturated carbocycles. The Morgan fingerprint density at radius 2 is 1.78 bits per heavy atom. The number of fused-ring (bicyclic) bond motifs is 5. The molecule has 0 aliphatic carbocycles. The van der Waals surface area contributed by atoms with Crippen LogP contribution in [0.2, 0.25) is 0 Å². The van der Waals surface area contributed by atoms with Crippen LogP contribution in [0.3, 0.4) is 0 Å². The van der Waals surface area contributed by atoms with E-state index in [1.165, 1.54) is 31.4 Å². The van der Waals surface area contributed by atoms with Gasteiger partial charge in [-0.25, -0.2) is 4.39 Å². The minimum Gasteiger partial charge on any atom is -0.462 e. The number of piperazine rings is 1. The molecule has 3 fully saturated rings. The van der Waals surface area contributed by atoms with Crippen molar-refractivity contribution >= 4 is 27.6 Å². The van der Waals surface area contributed by atoms with E-state index in [0.29, 0.717) is 30.7 Å². The Morgan fingerprint density at radius 3 is 2.53 bits per heavy atom. The van der Waals surface area contributed by atoms with Crippen molar-refractivity contribution in [2.45, 2.75) is 43.8 Å². The number of nitrogens with zero attached hydrogens (tertiary/aromatic N) is 5. The number of likely N-dealkylation sites (tertiary alicyclic amines) is 1. The van der Waals surface area contributed by atoms with Crippen LogP contribution < -0.4 is 15.0 Å². The number of ether oxygens (including phenoxy) is 1. The summed E-state index contributed by atoms with van der Waals surface area (Å²) in [6.45, 7) is 3.60. The third-order valence-electron chi connectivity index (χ3n) is 8.19. The molecule has 0 spiro atoms. The van der Waals surface area contributed by atoms with E-state index >= 15 is 0 Å². The molecule has 2 aromatic heterocycles. The van der Waals surface area contributed by atoms with Gasteiger partial charge in [0.1, 0.15) is 18.2 Å². The van der Waals surface area contributed by atoms with E-state index in [9.17, 15) is 4.39 Å². The highest BCUT2D eigenvalue weighted by molar-refractivity contribution is 6.08. The van der Waals surface area contributed by atoms with E-state index in [2.05, 4.69) is 44.9 Å². The fourth-order valence-electron chi connectivity index (χ4n) is 6.24. The molecule has 7 rings (SSSR count). The van der Waals surface area contributed by atoms with Crippen LogP contribution in [0.1, 0.15) is 25.7 Å². The molecule has 3 atom stereocenters. The average Bonchev–Trinajstić information content (AvgIpc) is 3.60. The highest BCUT2D eigenvalue weighted by Gasteiger charge is 2.34. The van der Waals surface area contributed by atoms with Gasteiger partial charge in [0.15, 0.2) is 0 Å². The number of likely N-dealkylation sites (N-methyl/N-ethyl adjacent to an activating group) is 1. The first kappa shape index (κ1) is 22.0. The topological polar surface area (TPSA) is 58.5 Å². The Morgan fingerprint density at radius 1 is 0.972 bits per heavy atom. The predicted molar refractivity (Wildman–Crippen MR) is 140 cm³/mol. The zero-order chi connectivity index (χ0) is 24.2. The molecular weight excluding hydrogens is 455 g/mol. The Bertz CT molecular complexity index is 1410. The van der Waals surface area contributed by atoms with Crippen molar-refractivity contribution in [3.8, 4) is 11.7 Å². The van der Waals surface area contributed by atoms with Gasteiger partial charge in [0.2, 0.25) is 0 Å². The zero-order valence-corrected chi connectivity index (χ0v) is 20.5. The van der Waals surface area contributed by atoms with Gasteiger partial charge in [-0.2, -0.15) is 9.97 Å². The zero-order valence-electron chi connectivity index (χ0n) is 20.5. The lowest BCUT2D eigenvalue weighted by Crippen LogP contribution is -2.51. The normalized spacial score (nSPS) is 24.3. The molecule has 2 aromatic carbocycles. The van der Waals surface area contributed by atoms with Gasteiger partial charge in [0.25, 0.3) is 0 Å². The predicted octanol–water partition coefficient (Wildman–Crippen LogP) is 4.13. The first-order valence-electron chi connectivity index (χ1n) is 13.0. The standard InChI is InChI=1S/C28H31FN6O/c1-33-13-2-3-22(33)17-36-28-31-26-23-12-14-35(21-8-4-18(29)5-9-21)25(23)11-10-24(26)27(32-28)34-15-19-6-7-20(16-34)30-19/h4-5,8-12,14,19-20,22,30H,2-3,6-7,13,15-17H2,1H3/t19-,20+,22-/m0/s1. The van der Waals surface area contributed by atoms with Gasteiger partial charge in [-0.05, 0) is 81.7 Å². The van der Waals surface area contributed by atoms with Gasteiger partial charge in [-0.3, -0.25) is 0 Å². The summed E-state index contributed by atoms with van der Waals surface area (Å²) >= 11 is 0. The van der Waals surface area contributed by atoms with Crippen LogP contribution in [0.5, 0.6) is 6.01 Å². The van der Waals surface area contributed by atoms with Crippen LogP contribution in [0.15, 0.2) is 48.7 Å². The second-order valence-corrected chi connectivity index (χ2v) is 10.5. The van der Waals surface area contributed by atoms with Crippen LogP contribution >= 0.6 is 0 Å². The molecule has 3 aliphatic rings. The van der Waals surface area contributed by atoms with E-state index < -0.39 is 0 Å². The van der Waals surface area contributed by atoms with E-state index in [-0.39, 0.29) is 5.82 Å². The third kappa shape index (κ3) is 3.79.